The molecule has 2 aromatic carbocycles. The second-order valence-electron chi connectivity index (χ2n) is 4.44. The Hall–Kier alpha value is -0.620. The Kier molecular flexibility index (Phi) is 4.84. The molecule has 21 heavy (non-hydrogen) atoms. The van der Waals surface area contributed by atoms with Crippen molar-refractivity contribution >= 4 is 71.3 Å². The number of rotatable bonds is 4. The third-order valence-corrected chi connectivity index (χ3v) is 6.45. The van der Waals surface area contributed by atoms with Gasteiger partial charge in [0, 0.05) is 14.7 Å². The number of benzene rings is 2. The fraction of sp³-hybridized carbons (Fsp3) is 0.0625. The van der Waals surface area contributed by atoms with E-state index in [0.717, 1.165) is 30.1 Å². The van der Waals surface area contributed by atoms with Crippen LogP contribution >= 0.6 is 55.0 Å². The monoisotopic (exact) mass is 439 g/mol. The third-order valence-electron chi connectivity index (χ3n) is 2.99. The summed E-state index contributed by atoms with van der Waals surface area (Å²) in [5.74, 6) is 0.902. The molecule has 1 aromatic heterocycles. The number of thioether (sulfide) groups is 1. The van der Waals surface area contributed by atoms with Crippen molar-refractivity contribution in [2.75, 3.05) is 0 Å². The van der Waals surface area contributed by atoms with Crippen molar-refractivity contribution in [3.63, 3.8) is 0 Å². The molecule has 5 heteroatoms. The van der Waals surface area contributed by atoms with E-state index in [4.69, 9.17) is 0 Å². The molecule has 0 N–H and O–H groups in total. The minimum atomic E-state index is 0.902. The standard InChI is InChI=1S/C16H11Br2NS2/c1-2-10-3-4-11(13(18)7-10)9-20-16-19-14-8-12(17)5-6-15(14)21-16/h2-8H,1,9H2. The van der Waals surface area contributed by atoms with E-state index in [-0.39, 0.29) is 0 Å². The van der Waals surface area contributed by atoms with Gasteiger partial charge in [0.2, 0.25) is 0 Å². The zero-order chi connectivity index (χ0) is 14.8. The van der Waals surface area contributed by atoms with Gasteiger partial charge in [0.25, 0.3) is 0 Å². The van der Waals surface area contributed by atoms with Gasteiger partial charge in [-0.25, -0.2) is 4.98 Å². The molecule has 0 amide bonds. The first-order chi connectivity index (χ1) is 10.2. The first kappa shape index (κ1) is 15.3. The van der Waals surface area contributed by atoms with Gasteiger partial charge < -0.3 is 0 Å². The molecule has 0 saturated heterocycles. The Morgan fingerprint density at radius 2 is 2.05 bits per heavy atom. The first-order valence-corrected chi connectivity index (χ1v) is 9.64. The van der Waals surface area contributed by atoms with Crippen molar-refractivity contribution in [2.45, 2.75) is 10.1 Å². The fourth-order valence-electron chi connectivity index (χ4n) is 1.89. The Labute approximate surface area is 148 Å². The van der Waals surface area contributed by atoms with Crippen LogP contribution in [0.15, 0.2) is 56.3 Å². The van der Waals surface area contributed by atoms with Crippen molar-refractivity contribution < 1.29 is 0 Å². The molecule has 0 aliphatic rings. The summed E-state index contributed by atoms with van der Waals surface area (Å²) >= 11 is 10.6. The maximum absolute atomic E-state index is 4.67. The second kappa shape index (κ2) is 6.65. The zero-order valence-corrected chi connectivity index (χ0v) is 15.8. The summed E-state index contributed by atoms with van der Waals surface area (Å²) < 4.78 is 4.51. The average Bonchev–Trinajstić information content (AvgIpc) is 2.87. The SMILES string of the molecule is C=Cc1ccc(CSc2nc3cc(Br)ccc3s2)c(Br)c1. The highest BCUT2D eigenvalue weighted by Gasteiger charge is 2.07. The van der Waals surface area contributed by atoms with E-state index < -0.39 is 0 Å². The van der Waals surface area contributed by atoms with Crippen LogP contribution in [0.2, 0.25) is 0 Å². The van der Waals surface area contributed by atoms with Crippen molar-refractivity contribution in [3.8, 4) is 0 Å². The quantitative estimate of drug-likeness (QED) is 0.415. The summed E-state index contributed by atoms with van der Waals surface area (Å²) in [5.41, 5.74) is 3.45. The van der Waals surface area contributed by atoms with Crippen LogP contribution in [0.1, 0.15) is 11.1 Å². The maximum Gasteiger partial charge on any atom is 0.151 e. The molecular formula is C16H11Br2NS2. The highest BCUT2D eigenvalue weighted by atomic mass is 79.9. The number of hydrogen-bond acceptors (Lipinski definition) is 3. The number of hydrogen-bond donors (Lipinski definition) is 0. The minimum absolute atomic E-state index is 0.902. The van der Waals surface area contributed by atoms with E-state index in [1.54, 1.807) is 23.1 Å². The lowest BCUT2D eigenvalue weighted by Gasteiger charge is -2.04. The van der Waals surface area contributed by atoms with Crippen molar-refractivity contribution in [1.82, 2.24) is 4.98 Å². The van der Waals surface area contributed by atoms with Crippen molar-refractivity contribution in [1.29, 1.82) is 0 Å². The van der Waals surface area contributed by atoms with Crippen LogP contribution in [0.3, 0.4) is 0 Å². The van der Waals surface area contributed by atoms with E-state index >= 15 is 0 Å². The predicted molar refractivity (Wildman–Crippen MR) is 101 cm³/mol. The maximum atomic E-state index is 4.67. The Balaban J connectivity index is 1.78. The van der Waals surface area contributed by atoms with Gasteiger partial charge in [-0.15, -0.1) is 11.3 Å². The van der Waals surface area contributed by atoms with Crippen molar-refractivity contribution in [3.05, 3.63) is 63.0 Å². The van der Waals surface area contributed by atoms with Gasteiger partial charge in [-0.1, -0.05) is 68.4 Å². The summed E-state index contributed by atoms with van der Waals surface area (Å²) in [6.07, 6.45) is 1.85. The Morgan fingerprint density at radius 3 is 2.81 bits per heavy atom. The van der Waals surface area contributed by atoms with Crippen LogP contribution in [0.5, 0.6) is 0 Å². The molecule has 0 bridgehead atoms. The van der Waals surface area contributed by atoms with E-state index in [1.807, 2.05) is 6.08 Å². The highest BCUT2D eigenvalue weighted by molar-refractivity contribution is 9.10. The molecule has 0 atom stereocenters. The smallest absolute Gasteiger partial charge is 0.151 e. The summed E-state index contributed by atoms with van der Waals surface area (Å²) in [6.45, 7) is 3.79. The molecule has 0 unspecified atom stereocenters. The molecule has 0 spiro atoms. The molecule has 1 nitrogen and oxygen atoms in total. The lowest BCUT2D eigenvalue weighted by Crippen LogP contribution is -1.84. The van der Waals surface area contributed by atoms with E-state index in [0.29, 0.717) is 0 Å². The second-order valence-corrected chi connectivity index (χ2v) is 8.46. The number of halogens is 2. The number of aromatic nitrogens is 1. The molecule has 3 rings (SSSR count). The van der Waals surface area contributed by atoms with Gasteiger partial charge in [0.05, 0.1) is 10.2 Å². The van der Waals surface area contributed by atoms with E-state index in [2.05, 4.69) is 79.8 Å². The summed E-state index contributed by atoms with van der Waals surface area (Å²) in [7, 11) is 0. The third kappa shape index (κ3) is 3.59. The van der Waals surface area contributed by atoms with Crippen LogP contribution in [0.4, 0.5) is 0 Å². The molecule has 0 radical (unpaired) electrons. The molecular weight excluding hydrogens is 430 g/mol. The van der Waals surface area contributed by atoms with Crippen molar-refractivity contribution in [2.24, 2.45) is 0 Å². The first-order valence-electron chi connectivity index (χ1n) is 6.25. The van der Waals surface area contributed by atoms with E-state index in [1.165, 1.54) is 10.3 Å². The topological polar surface area (TPSA) is 12.9 Å². The van der Waals surface area contributed by atoms with E-state index in [9.17, 15) is 0 Å². The normalized spacial score (nSPS) is 11.0. The molecule has 3 aromatic rings. The molecule has 106 valence electrons. The lowest BCUT2D eigenvalue weighted by molar-refractivity contribution is 1.28. The molecule has 0 aliphatic carbocycles. The predicted octanol–water partition coefficient (Wildman–Crippen LogP) is 6.76. The zero-order valence-electron chi connectivity index (χ0n) is 11.0. The van der Waals surface area contributed by atoms with Crippen LogP contribution in [-0.2, 0) is 5.75 Å². The Morgan fingerprint density at radius 1 is 1.19 bits per heavy atom. The summed E-state index contributed by atoms with van der Waals surface area (Å²) in [6, 6.07) is 12.5. The molecule has 0 fully saturated rings. The highest BCUT2D eigenvalue weighted by Crippen LogP contribution is 2.34. The van der Waals surface area contributed by atoms with Crippen LogP contribution in [0, 0.1) is 0 Å². The van der Waals surface area contributed by atoms with Crippen LogP contribution in [-0.4, -0.2) is 4.98 Å². The number of fused-ring (bicyclic) bond motifs is 1. The lowest BCUT2D eigenvalue weighted by atomic mass is 10.1. The minimum Gasteiger partial charge on any atom is -0.230 e. The molecule has 0 saturated carbocycles. The fourth-order valence-corrected chi connectivity index (χ4v) is 5.01. The van der Waals surface area contributed by atoms with Gasteiger partial charge in [-0.3, -0.25) is 0 Å². The average molecular weight is 441 g/mol. The number of thiazole rings is 1. The molecule has 1 heterocycles. The summed E-state index contributed by atoms with van der Waals surface area (Å²) in [4.78, 5) is 4.67. The van der Waals surface area contributed by atoms with Crippen LogP contribution < -0.4 is 0 Å². The van der Waals surface area contributed by atoms with Gasteiger partial charge in [0.15, 0.2) is 4.34 Å². The molecule has 0 aliphatic heterocycles. The largest absolute Gasteiger partial charge is 0.230 e. The van der Waals surface area contributed by atoms with Gasteiger partial charge in [-0.05, 0) is 35.4 Å². The van der Waals surface area contributed by atoms with Gasteiger partial charge in [0.1, 0.15) is 0 Å². The number of nitrogens with zero attached hydrogens (tertiary/aromatic N) is 1. The van der Waals surface area contributed by atoms with Crippen LogP contribution in [0.25, 0.3) is 16.3 Å². The van der Waals surface area contributed by atoms with Gasteiger partial charge in [-0.2, -0.15) is 0 Å². The Bertz CT molecular complexity index is 811. The van der Waals surface area contributed by atoms with Gasteiger partial charge >= 0.3 is 0 Å². The summed E-state index contributed by atoms with van der Waals surface area (Å²) in [5, 5.41) is 0.